The molecule has 6 nitrogen and oxygen atoms in total. The minimum Gasteiger partial charge on any atom is -0.328 e. The smallest absolute Gasteiger partial charge is 0.284 e. The molecule has 1 aromatic rings. The highest BCUT2D eigenvalue weighted by Crippen LogP contribution is 2.25. The fraction of sp³-hybridized carbons (Fsp3) is 0.200. The Bertz CT molecular complexity index is 510. The van der Waals surface area contributed by atoms with Gasteiger partial charge in [-0.05, 0) is 28.1 Å². The molecule has 1 amide bonds. The second-order valence-electron chi connectivity index (χ2n) is 3.24. The number of amides is 1. The highest BCUT2D eigenvalue weighted by Gasteiger charge is 2.17. The number of nitro benzene ring substituents is 1. The summed E-state index contributed by atoms with van der Waals surface area (Å²) in [7, 11) is 1.46. The van der Waals surface area contributed by atoms with E-state index in [1.807, 2.05) is 6.07 Å². The molecule has 17 heavy (non-hydrogen) atoms. The van der Waals surface area contributed by atoms with Crippen LogP contribution in [0.15, 0.2) is 22.7 Å². The van der Waals surface area contributed by atoms with Crippen LogP contribution in [0.2, 0.25) is 0 Å². The van der Waals surface area contributed by atoms with E-state index < -0.39 is 10.8 Å². The Morgan fingerprint density at radius 3 is 2.82 bits per heavy atom. The number of hydrogen-bond acceptors (Lipinski definition) is 4. The summed E-state index contributed by atoms with van der Waals surface area (Å²) in [6.07, 6.45) is 0. The fourth-order valence-electron chi connectivity index (χ4n) is 1.18. The third-order valence-corrected chi connectivity index (χ3v) is 2.71. The van der Waals surface area contributed by atoms with Crippen LogP contribution in [0.3, 0.4) is 0 Å². The molecule has 0 aromatic heterocycles. The van der Waals surface area contributed by atoms with Crippen molar-refractivity contribution in [2.24, 2.45) is 0 Å². The van der Waals surface area contributed by atoms with Gasteiger partial charge in [0.15, 0.2) is 0 Å². The molecule has 0 aliphatic heterocycles. The predicted octanol–water partition coefficient (Wildman–Crippen LogP) is 1.95. The molecule has 0 saturated carbocycles. The van der Waals surface area contributed by atoms with Gasteiger partial charge >= 0.3 is 0 Å². The van der Waals surface area contributed by atoms with Gasteiger partial charge in [0.1, 0.15) is 6.54 Å². The number of carbonyl (C=O) groups excluding carboxylic acids is 1. The van der Waals surface area contributed by atoms with Crippen LogP contribution >= 0.6 is 15.9 Å². The minimum absolute atomic E-state index is 0.0668. The topological polar surface area (TPSA) is 87.2 Å². The van der Waals surface area contributed by atoms with Crippen LogP contribution in [-0.4, -0.2) is 29.3 Å². The second-order valence-corrected chi connectivity index (χ2v) is 4.10. The summed E-state index contributed by atoms with van der Waals surface area (Å²) in [4.78, 5) is 23.1. The van der Waals surface area contributed by atoms with Gasteiger partial charge in [-0.3, -0.25) is 14.9 Å². The summed E-state index contributed by atoms with van der Waals surface area (Å²) in [5.74, 6) is -0.429. The molecule has 0 spiro atoms. The molecule has 0 radical (unpaired) electrons. The van der Waals surface area contributed by atoms with E-state index in [1.54, 1.807) is 0 Å². The van der Waals surface area contributed by atoms with Crippen molar-refractivity contribution < 1.29 is 9.72 Å². The lowest BCUT2D eigenvalue weighted by Gasteiger charge is -2.12. The maximum atomic E-state index is 11.8. The van der Waals surface area contributed by atoms with E-state index in [2.05, 4.69) is 15.9 Å². The molecule has 0 N–H and O–H groups in total. The molecule has 0 fully saturated rings. The first-order chi connectivity index (χ1) is 7.97. The molecule has 1 aromatic carbocycles. The summed E-state index contributed by atoms with van der Waals surface area (Å²) in [5, 5.41) is 19.2. The molecular formula is C10H8BrN3O3. The molecule has 0 aliphatic carbocycles. The Labute approximate surface area is 106 Å². The molecule has 0 heterocycles. The monoisotopic (exact) mass is 297 g/mol. The van der Waals surface area contributed by atoms with Gasteiger partial charge < -0.3 is 4.90 Å². The van der Waals surface area contributed by atoms with Crippen LogP contribution < -0.4 is 0 Å². The molecule has 0 atom stereocenters. The van der Waals surface area contributed by atoms with Crippen molar-refractivity contribution in [2.45, 2.75) is 0 Å². The van der Waals surface area contributed by atoms with Crippen molar-refractivity contribution in [3.63, 3.8) is 0 Å². The zero-order valence-electron chi connectivity index (χ0n) is 8.88. The minimum atomic E-state index is -0.578. The molecular weight excluding hydrogens is 290 g/mol. The number of hydrogen-bond donors (Lipinski definition) is 0. The highest BCUT2D eigenvalue weighted by atomic mass is 79.9. The Balaban J connectivity index is 3.08. The zero-order valence-corrected chi connectivity index (χ0v) is 10.5. The second kappa shape index (κ2) is 5.41. The largest absolute Gasteiger partial charge is 0.328 e. The van der Waals surface area contributed by atoms with Gasteiger partial charge in [-0.15, -0.1) is 0 Å². The van der Waals surface area contributed by atoms with Gasteiger partial charge in [0.25, 0.3) is 11.6 Å². The van der Waals surface area contributed by atoms with Crippen LogP contribution in [0.1, 0.15) is 10.4 Å². The predicted molar refractivity (Wildman–Crippen MR) is 63.4 cm³/mol. The number of nitro groups is 1. The van der Waals surface area contributed by atoms with E-state index in [0.29, 0.717) is 4.47 Å². The van der Waals surface area contributed by atoms with Gasteiger partial charge in [-0.2, -0.15) is 5.26 Å². The lowest BCUT2D eigenvalue weighted by molar-refractivity contribution is -0.385. The summed E-state index contributed by atoms with van der Waals surface area (Å²) in [6, 6.07) is 5.91. The number of nitriles is 1. The molecule has 88 valence electrons. The van der Waals surface area contributed by atoms with E-state index in [0.717, 1.165) is 0 Å². The summed E-state index contributed by atoms with van der Waals surface area (Å²) < 4.78 is 0.307. The van der Waals surface area contributed by atoms with Crippen LogP contribution in [0.4, 0.5) is 5.69 Å². The normalized spacial score (nSPS) is 9.47. The highest BCUT2D eigenvalue weighted by molar-refractivity contribution is 9.10. The van der Waals surface area contributed by atoms with Crippen molar-refractivity contribution in [3.8, 4) is 6.07 Å². The molecule has 0 bridgehead atoms. The van der Waals surface area contributed by atoms with E-state index in [9.17, 15) is 14.9 Å². The summed E-state index contributed by atoms with van der Waals surface area (Å²) in [6.45, 7) is -0.0668. The first-order valence-electron chi connectivity index (χ1n) is 4.53. The molecule has 0 saturated heterocycles. The van der Waals surface area contributed by atoms with Gasteiger partial charge in [-0.25, -0.2) is 0 Å². The van der Waals surface area contributed by atoms with Crippen LogP contribution in [0.5, 0.6) is 0 Å². The molecule has 0 aliphatic rings. The van der Waals surface area contributed by atoms with E-state index >= 15 is 0 Å². The van der Waals surface area contributed by atoms with Crippen molar-refractivity contribution in [2.75, 3.05) is 13.6 Å². The molecule has 7 heteroatoms. The van der Waals surface area contributed by atoms with E-state index in [4.69, 9.17) is 5.26 Å². The number of nitrogens with zero attached hydrogens (tertiary/aromatic N) is 3. The van der Waals surface area contributed by atoms with Gasteiger partial charge in [-0.1, -0.05) is 0 Å². The lowest BCUT2D eigenvalue weighted by Crippen LogP contribution is -2.26. The summed E-state index contributed by atoms with van der Waals surface area (Å²) in [5.41, 5.74) is -0.00106. The molecule has 0 unspecified atom stereocenters. The Hall–Kier alpha value is -1.94. The third kappa shape index (κ3) is 3.01. The Kier molecular flexibility index (Phi) is 4.17. The number of halogens is 1. The van der Waals surface area contributed by atoms with Crippen LogP contribution in [-0.2, 0) is 0 Å². The average molecular weight is 298 g/mol. The Morgan fingerprint density at radius 2 is 2.29 bits per heavy atom. The van der Waals surface area contributed by atoms with E-state index in [1.165, 1.54) is 30.1 Å². The first-order valence-corrected chi connectivity index (χ1v) is 5.33. The van der Waals surface area contributed by atoms with Crippen molar-refractivity contribution in [3.05, 3.63) is 38.3 Å². The van der Waals surface area contributed by atoms with Crippen LogP contribution in [0, 0.1) is 21.4 Å². The maximum Gasteiger partial charge on any atom is 0.284 e. The lowest BCUT2D eigenvalue weighted by atomic mass is 10.2. The molecule has 1 rings (SSSR count). The van der Waals surface area contributed by atoms with Crippen molar-refractivity contribution >= 4 is 27.5 Å². The average Bonchev–Trinajstić information content (AvgIpc) is 2.28. The van der Waals surface area contributed by atoms with Crippen molar-refractivity contribution in [1.29, 1.82) is 5.26 Å². The quantitative estimate of drug-likeness (QED) is 0.485. The summed E-state index contributed by atoms with van der Waals surface area (Å²) >= 11 is 3.03. The Morgan fingerprint density at radius 1 is 1.65 bits per heavy atom. The standard InChI is InChI=1S/C10H8BrN3O3/c1-13(5-4-12)10(15)7-2-3-8(11)9(6-7)14(16)17/h2-3,6H,5H2,1H3. The van der Waals surface area contributed by atoms with Gasteiger partial charge in [0, 0.05) is 18.7 Å². The number of benzene rings is 1. The third-order valence-electron chi connectivity index (χ3n) is 2.04. The maximum absolute atomic E-state index is 11.8. The van der Waals surface area contributed by atoms with Gasteiger partial charge in [0.05, 0.1) is 15.5 Å². The number of rotatable bonds is 3. The zero-order chi connectivity index (χ0) is 13.0. The van der Waals surface area contributed by atoms with E-state index in [-0.39, 0.29) is 17.8 Å². The SMILES string of the molecule is CN(CC#N)C(=O)c1ccc(Br)c([N+](=O)[O-])c1. The van der Waals surface area contributed by atoms with Gasteiger partial charge in [0.2, 0.25) is 0 Å². The van der Waals surface area contributed by atoms with Crippen molar-refractivity contribution in [1.82, 2.24) is 4.90 Å². The van der Waals surface area contributed by atoms with Crippen LogP contribution in [0.25, 0.3) is 0 Å². The fourth-order valence-corrected chi connectivity index (χ4v) is 1.58. The number of carbonyl (C=O) groups is 1. The first kappa shape index (κ1) is 13.1.